The number of hydrogen-bond donors (Lipinski definition) is 2. The molecule has 0 bridgehead atoms. The van der Waals surface area contributed by atoms with Crippen molar-refractivity contribution in [2.24, 2.45) is 0 Å². The van der Waals surface area contributed by atoms with Gasteiger partial charge in [-0.1, -0.05) is 30.0 Å². The Kier molecular flexibility index (Phi) is 5.23. The monoisotopic (exact) mass is 450 g/mol. The fraction of sp³-hybridized carbons (Fsp3) is 0.0476. The molecule has 7 nitrogen and oxygen atoms in total. The lowest BCUT2D eigenvalue weighted by molar-refractivity contribution is -0.113. The summed E-state index contributed by atoms with van der Waals surface area (Å²) in [6.07, 6.45) is 3.50. The van der Waals surface area contributed by atoms with Crippen LogP contribution in [-0.4, -0.2) is 36.4 Å². The molecule has 5 rings (SSSR count). The molecule has 0 unspecified atom stereocenters. The van der Waals surface area contributed by atoms with E-state index in [2.05, 4.69) is 25.5 Å². The van der Waals surface area contributed by atoms with Crippen molar-refractivity contribution in [3.8, 4) is 17.1 Å². The number of fused-ring (bicyclic) bond motifs is 1. The van der Waals surface area contributed by atoms with E-state index in [1.165, 1.54) is 35.2 Å². The van der Waals surface area contributed by atoms with Gasteiger partial charge in [-0.2, -0.15) is 0 Å². The molecule has 0 aliphatic heterocycles. The van der Waals surface area contributed by atoms with Gasteiger partial charge >= 0.3 is 0 Å². The predicted molar refractivity (Wildman–Crippen MR) is 120 cm³/mol. The highest BCUT2D eigenvalue weighted by molar-refractivity contribution is 7.99. The second-order valence-corrected chi connectivity index (χ2v) is 8.38. The van der Waals surface area contributed by atoms with Crippen LogP contribution in [0.15, 0.2) is 71.5 Å². The number of amides is 1. The van der Waals surface area contributed by atoms with Gasteiger partial charge < -0.3 is 10.3 Å². The molecule has 0 atom stereocenters. The van der Waals surface area contributed by atoms with E-state index in [0.29, 0.717) is 21.8 Å². The van der Waals surface area contributed by atoms with Crippen LogP contribution in [0.25, 0.3) is 28.0 Å². The molecule has 0 fully saturated rings. The van der Waals surface area contributed by atoms with Crippen molar-refractivity contribution in [3.63, 3.8) is 0 Å². The van der Waals surface area contributed by atoms with Gasteiger partial charge in [0.05, 0.1) is 5.75 Å². The van der Waals surface area contributed by atoms with Crippen molar-refractivity contribution in [2.75, 3.05) is 11.1 Å². The molecule has 0 saturated heterocycles. The quantitative estimate of drug-likeness (QED) is 0.365. The number of carbonyl (C=O) groups excluding carboxylic acids is 1. The maximum Gasteiger partial charge on any atom is 0.236 e. The first kappa shape index (κ1) is 19.5. The number of para-hydroxylation sites is 1. The SMILES string of the molecule is O=C(CSc1nnc(-c2c[nH]c3ccccc23)n1-c1ccc(F)cc1)Nc1nccs1. The van der Waals surface area contributed by atoms with Crippen LogP contribution in [0.4, 0.5) is 9.52 Å². The van der Waals surface area contributed by atoms with Crippen molar-refractivity contribution in [2.45, 2.75) is 5.16 Å². The van der Waals surface area contributed by atoms with Gasteiger partial charge in [-0.3, -0.25) is 9.36 Å². The number of H-pyrrole nitrogens is 1. The number of aromatic amines is 1. The number of thioether (sulfide) groups is 1. The number of thiazole rings is 1. The van der Waals surface area contributed by atoms with Crippen LogP contribution < -0.4 is 5.32 Å². The summed E-state index contributed by atoms with van der Waals surface area (Å²) in [6.45, 7) is 0. The fourth-order valence-electron chi connectivity index (χ4n) is 3.19. The van der Waals surface area contributed by atoms with Crippen LogP contribution in [0.3, 0.4) is 0 Å². The third kappa shape index (κ3) is 3.94. The summed E-state index contributed by atoms with van der Waals surface area (Å²) < 4.78 is 15.4. The first-order valence-electron chi connectivity index (χ1n) is 9.29. The summed E-state index contributed by atoms with van der Waals surface area (Å²) in [5, 5.41) is 15.3. The van der Waals surface area contributed by atoms with Crippen LogP contribution in [0.2, 0.25) is 0 Å². The van der Waals surface area contributed by atoms with E-state index in [9.17, 15) is 9.18 Å². The molecule has 0 saturated carbocycles. The zero-order chi connectivity index (χ0) is 21.2. The Labute approximate surface area is 184 Å². The Bertz CT molecular complexity index is 1340. The van der Waals surface area contributed by atoms with E-state index in [1.807, 2.05) is 35.0 Å². The summed E-state index contributed by atoms with van der Waals surface area (Å²) in [6, 6.07) is 14.0. The molecule has 10 heteroatoms. The Balaban J connectivity index is 1.51. The largest absolute Gasteiger partial charge is 0.360 e. The molecule has 3 heterocycles. The lowest BCUT2D eigenvalue weighted by Crippen LogP contribution is -2.14. The molecule has 0 radical (unpaired) electrons. The van der Waals surface area contributed by atoms with Gasteiger partial charge in [0.2, 0.25) is 5.91 Å². The molecule has 1 amide bonds. The minimum Gasteiger partial charge on any atom is -0.360 e. The summed E-state index contributed by atoms with van der Waals surface area (Å²) >= 11 is 2.60. The minimum absolute atomic E-state index is 0.132. The Morgan fingerprint density at radius 3 is 2.81 bits per heavy atom. The number of rotatable bonds is 6. The van der Waals surface area contributed by atoms with Crippen LogP contribution in [0, 0.1) is 5.82 Å². The number of hydrogen-bond acceptors (Lipinski definition) is 6. The second kappa shape index (κ2) is 8.32. The van der Waals surface area contributed by atoms with E-state index in [0.717, 1.165) is 16.5 Å². The molecule has 154 valence electrons. The number of halogens is 1. The predicted octanol–water partition coefficient (Wildman–Crippen LogP) is 4.74. The van der Waals surface area contributed by atoms with Gasteiger partial charge in [0.15, 0.2) is 16.1 Å². The van der Waals surface area contributed by atoms with Crippen molar-refractivity contribution < 1.29 is 9.18 Å². The molecular formula is C21H15FN6OS2. The van der Waals surface area contributed by atoms with E-state index in [1.54, 1.807) is 23.7 Å². The highest BCUT2D eigenvalue weighted by atomic mass is 32.2. The number of nitrogens with one attached hydrogen (secondary N) is 2. The fourth-order valence-corrected chi connectivity index (χ4v) is 4.48. The summed E-state index contributed by atoms with van der Waals surface area (Å²) in [7, 11) is 0. The van der Waals surface area contributed by atoms with Crippen molar-refractivity contribution in [1.82, 2.24) is 24.7 Å². The molecule has 0 aliphatic carbocycles. The van der Waals surface area contributed by atoms with Gasteiger partial charge in [-0.15, -0.1) is 21.5 Å². The molecule has 2 N–H and O–H groups in total. The lowest BCUT2D eigenvalue weighted by Gasteiger charge is -2.10. The minimum atomic E-state index is -0.331. The van der Waals surface area contributed by atoms with Gasteiger partial charge in [-0.25, -0.2) is 9.37 Å². The molecular weight excluding hydrogens is 435 g/mol. The number of anilines is 1. The van der Waals surface area contributed by atoms with E-state index in [-0.39, 0.29) is 17.5 Å². The van der Waals surface area contributed by atoms with Crippen LogP contribution in [0.5, 0.6) is 0 Å². The second-order valence-electron chi connectivity index (χ2n) is 6.54. The van der Waals surface area contributed by atoms with Crippen LogP contribution >= 0.6 is 23.1 Å². The normalized spacial score (nSPS) is 11.1. The highest BCUT2D eigenvalue weighted by Crippen LogP contribution is 2.32. The molecule has 31 heavy (non-hydrogen) atoms. The number of carbonyl (C=O) groups is 1. The maximum atomic E-state index is 13.5. The van der Waals surface area contributed by atoms with E-state index < -0.39 is 0 Å². The average Bonchev–Trinajstić information content (AvgIpc) is 3.52. The topological polar surface area (TPSA) is 88.5 Å². The highest BCUT2D eigenvalue weighted by Gasteiger charge is 2.20. The number of aromatic nitrogens is 5. The Hall–Kier alpha value is -3.50. The zero-order valence-corrected chi connectivity index (χ0v) is 17.6. The first-order valence-corrected chi connectivity index (χ1v) is 11.2. The molecule has 5 aromatic rings. The van der Waals surface area contributed by atoms with E-state index >= 15 is 0 Å². The molecule has 0 spiro atoms. The van der Waals surface area contributed by atoms with Crippen molar-refractivity contribution in [1.29, 1.82) is 0 Å². The maximum absolute atomic E-state index is 13.5. The number of benzene rings is 2. The molecule has 2 aromatic carbocycles. The van der Waals surface area contributed by atoms with Crippen molar-refractivity contribution >= 4 is 45.0 Å². The van der Waals surface area contributed by atoms with Gasteiger partial charge in [0.1, 0.15) is 5.82 Å². The smallest absolute Gasteiger partial charge is 0.236 e. The summed E-state index contributed by atoms with van der Waals surface area (Å²) in [5.41, 5.74) is 2.55. The van der Waals surface area contributed by atoms with Crippen LogP contribution in [-0.2, 0) is 4.79 Å². The number of nitrogens with zero attached hydrogens (tertiary/aromatic N) is 4. The van der Waals surface area contributed by atoms with E-state index in [4.69, 9.17) is 0 Å². The van der Waals surface area contributed by atoms with Crippen LogP contribution in [0.1, 0.15) is 0 Å². The lowest BCUT2D eigenvalue weighted by atomic mass is 10.1. The van der Waals surface area contributed by atoms with Gasteiger partial charge in [0.25, 0.3) is 0 Å². The first-order chi connectivity index (χ1) is 15.2. The molecule has 3 aromatic heterocycles. The molecule has 0 aliphatic rings. The third-order valence-electron chi connectivity index (χ3n) is 4.56. The van der Waals surface area contributed by atoms with Crippen molar-refractivity contribution in [3.05, 3.63) is 72.1 Å². The summed E-state index contributed by atoms with van der Waals surface area (Å²) in [5.74, 6) is 0.212. The zero-order valence-electron chi connectivity index (χ0n) is 15.9. The van der Waals surface area contributed by atoms with Gasteiger partial charge in [0, 0.05) is 39.9 Å². The Morgan fingerprint density at radius 2 is 2.00 bits per heavy atom. The Morgan fingerprint density at radius 1 is 1.16 bits per heavy atom. The standard InChI is InChI=1S/C21H15FN6OS2/c22-13-5-7-14(8-6-13)28-19(16-11-24-17-4-2-1-3-15(16)17)26-27-21(28)31-12-18(29)25-20-23-9-10-30-20/h1-11,24H,12H2,(H,23,25,29). The third-order valence-corrected chi connectivity index (χ3v) is 6.18. The average molecular weight is 451 g/mol. The summed E-state index contributed by atoms with van der Waals surface area (Å²) in [4.78, 5) is 19.6. The van der Waals surface area contributed by atoms with Gasteiger partial charge in [-0.05, 0) is 30.3 Å².